The van der Waals surface area contributed by atoms with E-state index in [1.807, 2.05) is 25.1 Å². The number of para-hydroxylation sites is 1. The Labute approximate surface area is 188 Å². The minimum Gasteiger partial charge on any atom is -0.495 e. The molecule has 0 aliphatic rings. The molecule has 0 saturated carbocycles. The normalized spacial score (nSPS) is 11.1. The molecule has 0 aliphatic heterocycles. The molecule has 2 N–H and O–H groups in total. The lowest BCUT2D eigenvalue weighted by molar-refractivity contribution is 0.306. The molecule has 170 valence electrons. The lowest BCUT2D eigenvalue weighted by Crippen LogP contribution is -2.34. The van der Waals surface area contributed by atoms with Gasteiger partial charge >= 0.3 is 0 Å². The predicted octanol–water partition coefficient (Wildman–Crippen LogP) is 3.08. The second-order valence-corrected chi connectivity index (χ2v) is 8.80. The third-order valence-corrected chi connectivity index (χ3v) is 6.51. The summed E-state index contributed by atoms with van der Waals surface area (Å²) in [7, 11) is -2.56. The first kappa shape index (κ1) is 23.4. The maximum atomic E-state index is 13.4. The lowest BCUT2D eigenvalue weighted by Gasteiger charge is -2.25. The van der Waals surface area contributed by atoms with Crippen molar-refractivity contribution in [3.8, 4) is 11.5 Å². The van der Waals surface area contributed by atoms with Gasteiger partial charge in [-0.15, -0.1) is 0 Å². The number of anilines is 2. The topological polar surface area (TPSA) is 101 Å². The summed E-state index contributed by atoms with van der Waals surface area (Å²) >= 11 is 0. The summed E-state index contributed by atoms with van der Waals surface area (Å²) in [5.74, 6) is 0.774. The third kappa shape index (κ3) is 5.68. The van der Waals surface area contributed by atoms with Crippen molar-refractivity contribution in [2.75, 3.05) is 43.0 Å². The molecule has 1 heterocycles. The minimum absolute atomic E-state index is 0.0291. The molecule has 0 fully saturated rings. The number of benzene rings is 2. The average Bonchev–Trinajstić information content (AvgIpc) is 2.80. The van der Waals surface area contributed by atoms with E-state index in [1.54, 1.807) is 42.7 Å². The van der Waals surface area contributed by atoms with E-state index in [0.29, 0.717) is 24.6 Å². The van der Waals surface area contributed by atoms with Crippen molar-refractivity contribution in [1.29, 1.82) is 0 Å². The van der Waals surface area contributed by atoms with E-state index >= 15 is 0 Å². The van der Waals surface area contributed by atoms with E-state index in [-0.39, 0.29) is 23.8 Å². The molecule has 9 heteroatoms. The molecule has 0 unspecified atom stereocenters. The Morgan fingerprint density at radius 3 is 2.56 bits per heavy atom. The summed E-state index contributed by atoms with van der Waals surface area (Å²) in [6, 6.07) is 15.4. The summed E-state index contributed by atoms with van der Waals surface area (Å²) in [6.07, 6.45) is 3.40. The summed E-state index contributed by atoms with van der Waals surface area (Å²) < 4.78 is 39.1. The van der Waals surface area contributed by atoms with Crippen LogP contribution in [0.4, 0.5) is 11.4 Å². The van der Waals surface area contributed by atoms with Crippen molar-refractivity contribution in [3.05, 3.63) is 72.6 Å². The molecule has 0 bridgehead atoms. The highest BCUT2D eigenvalue weighted by atomic mass is 32.2. The predicted molar refractivity (Wildman–Crippen MR) is 124 cm³/mol. The number of nitrogens with one attached hydrogen (secondary N) is 1. The van der Waals surface area contributed by atoms with Crippen LogP contribution in [0.25, 0.3) is 0 Å². The molecule has 0 radical (unpaired) electrons. The molecule has 0 saturated heterocycles. The van der Waals surface area contributed by atoms with Gasteiger partial charge in [0.05, 0.1) is 25.9 Å². The van der Waals surface area contributed by atoms with Gasteiger partial charge < -0.3 is 19.9 Å². The lowest BCUT2D eigenvalue weighted by atomic mass is 10.2. The number of aliphatic hydroxyl groups is 1. The van der Waals surface area contributed by atoms with Crippen LogP contribution < -0.4 is 19.1 Å². The van der Waals surface area contributed by atoms with E-state index in [1.165, 1.54) is 17.5 Å². The number of hydrogen-bond acceptors (Lipinski definition) is 7. The second kappa shape index (κ2) is 10.8. The van der Waals surface area contributed by atoms with Gasteiger partial charge in [0.25, 0.3) is 10.0 Å². The zero-order chi connectivity index (χ0) is 23.0. The molecule has 3 rings (SSSR count). The fraction of sp³-hybridized carbons (Fsp3) is 0.261. The molecule has 8 nitrogen and oxygen atoms in total. The van der Waals surface area contributed by atoms with E-state index in [0.717, 1.165) is 11.3 Å². The Bertz CT molecular complexity index is 1120. The average molecular weight is 458 g/mol. The fourth-order valence-electron chi connectivity index (χ4n) is 3.22. The molecular formula is C23H27N3O5S. The molecule has 0 atom stereocenters. The standard InChI is InChI=1S/C23H27N3O5S/c1-18-15-20(17-21(16-18)31-14-11-25-19-7-9-24-10-8-19)26(12-13-27)32(28,29)23-6-4-3-5-22(23)30-2/h3-10,15-17,27H,11-14H2,1-2H3,(H,24,25). The first-order valence-electron chi connectivity index (χ1n) is 10.1. The Morgan fingerprint density at radius 2 is 1.84 bits per heavy atom. The van der Waals surface area contributed by atoms with Crippen LogP contribution in [0.1, 0.15) is 5.56 Å². The van der Waals surface area contributed by atoms with Gasteiger partial charge in [0.15, 0.2) is 0 Å². The molecule has 0 spiro atoms. The summed E-state index contributed by atoms with van der Waals surface area (Å²) in [6.45, 7) is 2.36. The van der Waals surface area contributed by atoms with Crippen LogP contribution in [0.2, 0.25) is 0 Å². The van der Waals surface area contributed by atoms with E-state index in [2.05, 4.69) is 10.3 Å². The zero-order valence-corrected chi connectivity index (χ0v) is 18.9. The van der Waals surface area contributed by atoms with Crippen molar-refractivity contribution >= 4 is 21.4 Å². The Kier molecular flexibility index (Phi) is 7.91. The van der Waals surface area contributed by atoms with Gasteiger partial charge in [0, 0.05) is 30.7 Å². The van der Waals surface area contributed by atoms with Crippen LogP contribution >= 0.6 is 0 Å². The third-order valence-electron chi connectivity index (χ3n) is 4.64. The summed E-state index contributed by atoms with van der Waals surface area (Å²) in [4.78, 5) is 4.00. The Balaban J connectivity index is 1.81. The first-order chi connectivity index (χ1) is 15.5. The molecule has 0 aliphatic carbocycles. The van der Waals surface area contributed by atoms with Crippen LogP contribution in [0, 0.1) is 6.92 Å². The molecular weight excluding hydrogens is 430 g/mol. The quantitative estimate of drug-likeness (QED) is 0.427. The minimum atomic E-state index is -3.98. The number of rotatable bonds is 11. The highest BCUT2D eigenvalue weighted by Crippen LogP contribution is 2.32. The number of ether oxygens (including phenoxy) is 2. The Hall–Kier alpha value is -3.30. The van der Waals surface area contributed by atoms with E-state index in [4.69, 9.17) is 9.47 Å². The second-order valence-electron chi connectivity index (χ2n) is 6.97. The Morgan fingerprint density at radius 1 is 1.09 bits per heavy atom. The van der Waals surface area contributed by atoms with Gasteiger partial charge in [-0.05, 0) is 48.9 Å². The molecule has 3 aromatic rings. The summed E-state index contributed by atoms with van der Waals surface area (Å²) in [5.41, 5.74) is 2.17. The van der Waals surface area contributed by atoms with Crippen molar-refractivity contribution in [2.24, 2.45) is 0 Å². The first-order valence-corrected chi connectivity index (χ1v) is 11.5. The smallest absolute Gasteiger partial charge is 0.268 e. The zero-order valence-electron chi connectivity index (χ0n) is 18.1. The molecule has 1 aromatic heterocycles. The van der Waals surface area contributed by atoms with Gasteiger partial charge in [0.2, 0.25) is 0 Å². The van der Waals surface area contributed by atoms with Crippen molar-refractivity contribution in [2.45, 2.75) is 11.8 Å². The highest BCUT2D eigenvalue weighted by Gasteiger charge is 2.28. The van der Waals surface area contributed by atoms with Crippen molar-refractivity contribution in [1.82, 2.24) is 4.98 Å². The van der Waals surface area contributed by atoms with Crippen LogP contribution in [-0.2, 0) is 10.0 Å². The van der Waals surface area contributed by atoms with Gasteiger partial charge in [-0.2, -0.15) is 0 Å². The van der Waals surface area contributed by atoms with Crippen LogP contribution in [-0.4, -0.2) is 51.9 Å². The number of nitrogens with zero attached hydrogens (tertiary/aromatic N) is 2. The van der Waals surface area contributed by atoms with Crippen molar-refractivity contribution < 1.29 is 23.0 Å². The maximum Gasteiger partial charge on any atom is 0.268 e. The highest BCUT2D eigenvalue weighted by molar-refractivity contribution is 7.93. The maximum absolute atomic E-state index is 13.4. The van der Waals surface area contributed by atoms with Gasteiger partial charge in [0.1, 0.15) is 23.0 Å². The van der Waals surface area contributed by atoms with Crippen molar-refractivity contribution in [3.63, 3.8) is 0 Å². The summed E-state index contributed by atoms with van der Waals surface area (Å²) in [5, 5.41) is 12.8. The molecule has 0 amide bonds. The fourth-order valence-corrected chi connectivity index (χ4v) is 4.82. The monoisotopic (exact) mass is 457 g/mol. The van der Waals surface area contributed by atoms with Gasteiger partial charge in [-0.3, -0.25) is 9.29 Å². The SMILES string of the molecule is COc1ccccc1S(=O)(=O)N(CCO)c1cc(C)cc(OCCNc2ccncc2)c1. The van der Waals surface area contributed by atoms with Crippen LogP contribution in [0.3, 0.4) is 0 Å². The van der Waals surface area contributed by atoms with E-state index < -0.39 is 10.0 Å². The number of aromatic nitrogens is 1. The van der Waals surface area contributed by atoms with Crippen LogP contribution in [0.5, 0.6) is 11.5 Å². The number of aliphatic hydroxyl groups excluding tert-OH is 1. The number of methoxy groups -OCH3 is 1. The number of aryl methyl sites for hydroxylation is 1. The number of pyridine rings is 1. The number of sulfonamides is 1. The molecule has 32 heavy (non-hydrogen) atoms. The van der Waals surface area contributed by atoms with Gasteiger partial charge in [-0.1, -0.05) is 12.1 Å². The van der Waals surface area contributed by atoms with E-state index in [9.17, 15) is 13.5 Å². The van der Waals surface area contributed by atoms with Gasteiger partial charge in [-0.25, -0.2) is 8.42 Å². The molecule has 2 aromatic carbocycles. The largest absolute Gasteiger partial charge is 0.495 e. The number of hydrogen-bond donors (Lipinski definition) is 2. The van der Waals surface area contributed by atoms with Crippen LogP contribution in [0.15, 0.2) is 71.9 Å².